The maximum atomic E-state index is 5.72. The van der Waals surface area contributed by atoms with Gasteiger partial charge in [-0.15, -0.1) is 0 Å². The molecule has 1 unspecified atom stereocenters. The van der Waals surface area contributed by atoms with E-state index >= 15 is 0 Å². The Kier molecular flexibility index (Phi) is 2.18. The largest absolute Gasteiger partial charge is 0.356 e. The Bertz CT molecular complexity index is 457. The van der Waals surface area contributed by atoms with E-state index in [9.17, 15) is 0 Å². The van der Waals surface area contributed by atoms with Gasteiger partial charge in [-0.05, 0) is 37.5 Å². The van der Waals surface area contributed by atoms with E-state index in [-0.39, 0.29) is 6.23 Å². The van der Waals surface area contributed by atoms with Crippen LogP contribution in [0, 0.1) is 6.07 Å². The standard InChI is InChI=1S/C12H13N2O/c1-2-6-11-10(5-1)9-13-14(11)12-7-3-4-8-15-12/h2,5-6,9,12H,3-4,7-8H2. The lowest BCUT2D eigenvalue weighted by Gasteiger charge is -2.23. The normalized spacial score (nSPS) is 22.0. The van der Waals surface area contributed by atoms with Crippen LogP contribution in [0.1, 0.15) is 25.5 Å². The number of fused-ring (bicyclic) bond motifs is 1. The number of hydrogen-bond acceptors (Lipinski definition) is 2. The van der Waals surface area contributed by atoms with Crippen LogP contribution < -0.4 is 0 Å². The van der Waals surface area contributed by atoms with E-state index in [4.69, 9.17) is 4.74 Å². The topological polar surface area (TPSA) is 27.1 Å². The van der Waals surface area contributed by atoms with Gasteiger partial charge in [-0.1, -0.05) is 6.07 Å². The zero-order valence-electron chi connectivity index (χ0n) is 8.52. The Morgan fingerprint density at radius 1 is 1.47 bits per heavy atom. The molecule has 0 aliphatic carbocycles. The van der Waals surface area contributed by atoms with Crippen LogP contribution in [0.5, 0.6) is 0 Å². The summed E-state index contributed by atoms with van der Waals surface area (Å²) in [6.07, 6.45) is 5.46. The summed E-state index contributed by atoms with van der Waals surface area (Å²) in [5.41, 5.74) is 1.14. The van der Waals surface area contributed by atoms with Gasteiger partial charge in [-0.2, -0.15) is 5.10 Å². The van der Waals surface area contributed by atoms with E-state index in [0.717, 1.165) is 23.9 Å². The van der Waals surface area contributed by atoms with Gasteiger partial charge in [0, 0.05) is 12.0 Å². The van der Waals surface area contributed by atoms with Gasteiger partial charge in [0.05, 0.1) is 11.7 Å². The van der Waals surface area contributed by atoms with Crippen molar-refractivity contribution in [2.24, 2.45) is 0 Å². The highest BCUT2D eigenvalue weighted by Crippen LogP contribution is 2.25. The van der Waals surface area contributed by atoms with Crippen molar-refractivity contribution in [3.8, 4) is 0 Å². The predicted octanol–water partition coefficient (Wildman–Crippen LogP) is 2.54. The fourth-order valence-corrected chi connectivity index (χ4v) is 2.08. The first kappa shape index (κ1) is 8.92. The van der Waals surface area contributed by atoms with Crippen LogP contribution in [0.25, 0.3) is 10.9 Å². The third-order valence-corrected chi connectivity index (χ3v) is 2.87. The molecule has 3 heteroatoms. The SMILES string of the molecule is [c]1ccc2c(c1)cnn2C1CCCCO1. The van der Waals surface area contributed by atoms with Crippen molar-refractivity contribution in [1.29, 1.82) is 0 Å². The minimum atomic E-state index is 0.124. The van der Waals surface area contributed by atoms with Gasteiger partial charge < -0.3 is 4.74 Å². The van der Waals surface area contributed by atoms with Gasteiger partial charge in [-0.25, -0.2) is 4.68 Å². The first-order valence-electron chi connectivity index (χ1n) is 5.40. The smallest absolute Gasteiger partial charge is 0.150 e. The summed E-state index contributed by atoms with van der Waals surface area (Å²) in [5, 5.41) is 5.52. The lowest BCUT2D eigenvalue weighted by Crippen LogP contribution is -2.18. The highest BCUT2D eigenvalue weighted by Gasteiger charge is 2.17. The van der Waals surface area contributed by atoms with Crippen LogP contribution in [0.4, 0.5) is 0 Å². The summed E-state index contributed by atoms with van der Waals surface area (Å²) >= 11 is 0. The van der Waals surface area contributed by atoms with Crippen LogP contribution in [-0.2, 0) is 4.74 Å². The highest BCUT2D eigenvalue weighted by atomic mass is 16.5. The number of benzene rings is 1. The first-order valence-corrected chi connectivity index (χ1v) is 5.40. The van der Waals surface area contributed by atoms with Gasteiger partial charge >= 0.3 is 0 Å². The average molecular weight is 201 g/mol. The van der Waals surface area contributed by atoms with Crippen LogP contribution in [0.3, 0.4) is 0 Å². The van der Waals surface area contributed by atoms with Crippen molar-refractivity contribution in [3.05, 3.63) is 30.5 Å². The Morgan fingerprint density at radius 3 is 3.33 bits per heavy atom. The Morgan fingerprint density at radius 2 is 2.47 bits per heavy atom. The molecule has 0 amide bonds. The number of aromatic nitrogens is 2. The van der Waals surface area contributed by atoms with Gasteiger partial charge in [0.15, 0.2) is 6.23 Å². The highest BCUT2D eigenvalue weighted by molar-refractivity contribution is 5.78. The predicted molar refractivity (Wildman–Crippen MR) is 57.4 cm³/mol. The molecule has 0 saturated carbocycles. The number of rotatable bonds is 1. The minimum Gasteiger partial charge on any atom is -0.356 e. The molecule has 2 heterocycles. The lowest BCUT2D eigenvalue weighted by molar-refractivity contribution is -0.0366. The number of nitrogens with zero attached hydrogens (tertiary/aromatic N) is 2. The molecular weight excluding hydrogens is 188 g/mol. The zero-order valence-corrected chi connectivity index (χ0v) is 8.52. The zero-order chi connectivity index (χ0) is 10.1. The van der Waals surface area contributed by atoms with E-state index in [0.29, 0.717) is 0 Å². The molecule has 0 bridgehead atoms. The summed E-state index contributed by atoms with van der Waals surface area (Å²) in [6.45, 7) is 0.852. The van der Waals surface area contributed by atoms with Crippen molar-refractivity contribution in [2.45, 2.75) is 25.5 Å². The molecule has 1 aliphatic heterocycles. The van der Waals surface area contributed by atoms with Crippen LogP contribution >= 0.6 is 0 Å². The molecule has 77 valence electrons. The number of hydrogen-bond donors (Lipinski definition) is 0. The van der Waals surface area contributed by atoms with Gasteiger partial charge in [0.25, 0.3) is 0 Å². The Balaban J connectivity index is 2.02. The Labute approximate surface area is 88.7 Å². The van der Waals surface area contributed by atoms with Crippen molar-refractivity contribution in [2.75, 3.05) is 6.61 Å². The molecule has 1 aromatic carbocycles. The fraction of sp³-hybridized carbons (Fsp3) is 0.417. The second kappa shape index (κ2) is 3.66. The Hall–Kier alpha value is -1.35. The maximum Gasteiger partial charge on any atom is 0.150 e. The summed E-state index contributed by atoms with van der Waals surface area (Å²) in [5.74, 6) is 0. The lowest BCUT2D eigenvalue weighted by atomic mass is 10.2. The average Bonchev–Trinajstić information content (AvgIpc) is 2.74. The van der Waals surface area contributed by atoms with Gasteiger partial charge in [-0.3, -0.25) is 0 Å². The molecule has 0 spiro atoms. The van der Waals surface area contributed by atoms with Crippen LogP contribution in [0.2, 0.25) is 0 Å². The van der Waals surface area contributed by atoms with E-state index < -0.39 is 0 Å². The van der Waals surface area contributed by atoms with E-state index in [1.165, 1.54) is 12.8 Å². The van der Waals surface area contributed by atoms with Crippen molar-refractivity contribution in [1.82, 2.24) is 9.78 Å². The molecule has 2 aromatic rings. The molecular formula is C12H13N2O. The van der Waals surface area contributed by atoms with Crippen LogP contribution in [-0.4, -0.2) is 16.4 Å². The minimum absolute atomic E-state index is 0.124. The molecule has 1 aromatic heterocycles. The molecule has 3 rings (SSSR count). The van der Waals surface area contributed by atoms with Crippen molar-refractivity contribution < 1.29 is 4.74 Å². The molecule has 15 heavy (non-hydrogen) atoms. The van der Waals surface area contributed by atoms with Crippen molar-refractivity contribution >= 4 is 10.9 Å². The molecule has 1 aliphatic rings. The third-order valence-electron chi connectivity index (χ3n) is 2.87. The van der Waals surface area contributed by atoms with Gasteiger partial charge in [0.1, 0.15) is 0 Å². The second-order valence-electron chi connectivity index (χ2n) is 3.90. The van der Waals surface area contributed by atoms with Gasteiger partial charge in [0.2, 0.25) is 0 Å². The summed E-state index contributed by atoms with van der Waals surface area (Å²) in [4.78, 5) is 0. The van der Waals surface area contributed by atoms with E-state index in [1.54, 1.807) is 0 Å². The van der Waals surface area contributed by atoms with E-state index in [1.807, 2.05) is 29.1 Å². The maximum absolute atomic E-state index is 5.72. The summed E-state index contributed by atoms with van der Waals surface area (Å²) in [7, 11) is 0. The molecule has 1 saturated heterocycles. The fourth-order valence-electron chi connectivity index (χ4n) is 2.08. The first-order chi connectivity index (χ1) is 7.45. The molecule has 0 N–H and O–H groups in total. The molecule has 1 radical (unpaired) electrons. The molecule has 1 fully saturated rings. The summed E-state index contributed by atoms with van der Waals surface area (Å²) in [6, 6.07) is 8.98. The summed E-state index contributed by atoms with van der Waals surface area (Å²) < 4.78 is 7.71. The van der Waals surface area contributed by atoms with Crippen LogP contribution in [0.15, 0.2) is 24.4 Å². The molecule has 1 atom stereocenters. The van der Waals surface area contributed by atoms with Crippen molar-refractivity contribution in [3.63, 3.8) is 0 Å². The molecule has 3 nitrogen and oxygen atoms in total. The monoisotopic (exact) mass is 201 g/mol. The quantitative estimate of drug-likeness (QED) is 0.709. The van der Waals surface area contributed by atoms with E-state index in [2.05, 4.69) is 11.2 Å². The second-order valence-corrected chi connectivity index (χ2v) is 3.90. The number of ether oxygens (including phenoxy) is 1. The third kappa shape index (κ3) is 1.53.